The number of anilines is 1. The Bertz CT molecular complexity index is 920. The molecule has 2 aliphatic rings. The van der Waals surface area contributed by atoms with E-state index in [1.54, 1.807) is 12.1 Å². The third-order valence-corrected chi connectivity index (χ3v) is 6.90. The van der Waals surface area contributed by atoms with Crippen LogP contribution in [0.4, 0.5) is 14.9 Å². The van der Waals surface area contributed by atoms with Crippen molar-refractivity contribution in [3.63, 3.8) is 0 Å². The summed E-state index contributed by atoms with van der Waals surface area (Å²) in [6.45, 7) is 5.71. The number of ether oxygens (including phenoxy) is 1. The highest BCUT2D eigenvalue weighted by atomic mass is 32.2. The molecule has 2 aliphatic heterocycles. The summed E-state index contributed by atoms with van der Waals surface area (Å²) in [7, 11) is -3.35. The van der Waals surface area contributed by atoms with Crippen molar-refractivity contribution < 1.29 is 27.1 Å². The van der Waals surface area contributed by atoms with Crippen molar-refractivity contribution in [2.24, 2.45) is 0 Å². The summed E-state index contributed by atoms with van der Waals surface area (Å²) in [6.07, 6.45) is 0.727. The SMILES string of the molecule is C=CCN1CC(c2ccc(N3CC(CNC(C)=O)OC3=O)cc2F)CCS1(=O)=O. The van der Waals surface area contributed by atoms with Crippen LogP contribution < -0.4 is 10.2 Å². The summed E-state index contributed by atoms with van der Waals surface area (Å²) >= 11 is 0. The van der Waals surface area contributed by atoms with Gasteiger partial charge in [0.15, 0.2) is 0 Å². The lowest BCUT2D eigenvalue weighted by Gasteiger charge is -2.32. The lowest BCUT2D eigenvalue weighted by Crippen LogP contribution is -2.41. The Labute approximate surface area is 169 Å². The molecule has 2 fully saturated rings. The maximum absolute atomic E-state index is 14.8. The third-order valence-electron chi connectivity index (χ3n) is 5.06. The Morgan fingerprint density at radius 2 is 2.17 bits per heavy atom. The van der Waals surface area contributed by atoms with Crippen LogP contribution >= 0.6 is 0 Å². The first kappa shape index (κ1) is 21.3. The van der Waals surface area contributed by atoms with Gasteiger partial charge in [-0.2, -0.15) is 4.31 Å². The summed E-state index contributed by atoms with van der Waals surface area (Å²) in [5.41, 5.74) is 0.771. The lowest BCUT2D eigenvalue weighted by atomic mass is 9.95. The first-order valence-corrected chi connectivity index (χ1v) is 10.9. The van der Waals surface area contributed by atoms with Crippen molar-refractivity contribution in [3.05, 3.63) is 42.2 Å². The molecule has 2 amide bonds. The molecule has 0 saturated carbocycles. The van der Waals surface area contributed by atoms with E-state index in [2.05, 4.69) is 11.9 Å². The van der Waals surface area contributed by atoms with Crippen LogP contribution in [0.2, 0.25) is 0 Å². The van der Waals surface area contributed by atoms with E-state index in [0.29, 0.717) is 17.7 Å². The highest BCUT2D eigenvalue weighted by Gasteiger charge is 2.35. The Morgan fingerprint density at radius 3 is 2.83 bits per heavy atom. The molecule has 29 heavy (non-hydrogen) atoms. The number of halogens is 1. The minimum absolute atomic E-state index is 0.0457. The van der Waals surface area contributed by atoms with Gasteiger partial charge in [0.2, 0.25) is 15.9 Å². The summed E-state index contributed by atoms with van der Waals surface area (Å²) < 4.78 is 45.6. The van der Waals surface area contributed by atoms with Crippen molar-refractivity contribution in [1.29, 1.82) is 0 Å². The molecule has 0 aliphatic carbocycles. The van der Waals surface area contributed by atoms with Gasteiger partial charge >= 0.3 is 6.09 Å². The van der Waals surface area contributed by atoms with Gasteiger partial charge in [-0.25, -0.2) is 17.6 Å². The van der Waals surface area contributed by atoms with Crippen molar-refractivity contribution in [2.45, 2.75) is 25.4 Å². The van der Waals surface area contributed by atoms with Crippen LogP contribution in [0.25, 0.3) is 0 Å². The van der Waals surface area contributed by atoms with Gasteiger partial charge < -0.3 is 10.1 Å². The Kier molecular flexibility index (Phi) is 6.23. The zero-order valence-electron chi connectivity index (χ0n) is 16.1. The fourth-order valence-electron chi connectivity index (χ4n) is 3.57. The van der Waals surface area contributed by atoms with Crippen molar-refractivity contribution >= 4 is 27.7 Å². The van der Waals surface area contributed by atoms with Crippen LogP contribution in [0, 0.1) is 5.82 Å². The van der Waals surface area contributed by atoms with Gasteiger partial charge in [-0.3, -0.25) is 9.69 Å². The Hall–Kier alpha value is -2.46. The topological polar surface area (TPSA) is 96.0 Å². The van der Waals surface area contributed by atoms with Crippen LogP contribution in [0.15, 0.2) is 30.9 Å². The second kappa shape index (κ2) is 8.50. The van der Waals surface area contributed by atoms with Crippen LogP contribution in [-0.4, -0.2) is 62.8 Å². The molecule has 1 N–H and O–H groups in total. The second-order valence-corrected chi connectivity index (χ2v) is 9.26. The molecule has 2 unspecified atom stereocenters. The maximum Gasteiger partial charge on any atom is 0.414 e. The van der Waals surface area contributed by atoms with E-state index in [1.807, 2.05) is 0 Å². The molecule has 0 spiro atoms. The number of nitrogens with zero attached hydrogens (tertiary/aromatic N) is 2. The van der Waals surface area contributed by atoms with Gasteiger partial charge in [-0.15, -0.1) is 6.58 Å². The van der Waals surface area contributed by atoms with Gasteiger partial charge in [0.1, 0.15) is 11.9 Å². The first-order valence-electron chi connectivity index (χ1n) is 9.32. The summed E-state index contributed by atoms with van der Waals surface area (Å²) in [4.78, 5) is 24.4. The smallest absolute Gasteiger partial charge is 0.414 e. The molecule has 2 saturated heterocycles. The highest BCUT2D eigenvalue weighted by molar-refractivity contribution is 7.89. The van der Waals surface area contributed by atoms with Crippen LogP contribution in [0.3, 0.4) is 0 Å². The second-order valence-electron chi connectivity index (χ2n) is 7.17. The zero-order chi connectivity index (χ0) is 21.2. The number of sulfonamides is 1. The average Bonchev–Trinajstić information content (AvgIpc) is 3.03. The normalized spacial score (nSPS) is 24.2. The third kappa shape index (κ3) is 4.76. The number of cyclic esters (lactones) is 1. The van der Waals surface area contributed by atoms with Crippen LogP contribution in [-0.2, 0) is 19.6 Å². The van der Waals surface area contributed by atoms with E-state index in [9.17, 15) is 22.4 Å². The highest BCUT2D eigenvalue weighted by Crippen LogP contribution is 2.32. The number of hydrogen-bond acceptors (Lipinski definition) is 5. The van der Waals surface area contributed by atoms with E-state index < -0.39 is 28.0 Å². The van der Waals surface area contributed by atoms with E-state index >= 15 is 0 Å². The predicted octanol–water partition coefficient (Wildman–Crippen LogP) is 1.59. The minimum atomic E-state index is -3.35. The fraction of sp³-hybridized carbons (Fsp3) is 0.474. The molecule has 1 aromatic carbocycles. The van der Waals surface area contributed by atoms with Gasteiger partial charge in [-0.1, -0.05) is 12.1 Å². The molecule has 8 nitrogen and oxygen atoms in total. The average molecular weight is 425 g/mol. The lowest BCUT2D eigenvalue weighted by molar-refractivity contribution is -0.119. The van der Waals surface area contributed by atoms with Gasteiger partial charge in [0.25, 0.3) is 0 Å². The number of hydrogen-bond donors (Lipinski definition) is 1. The summed E-state index contributed by atoms with van der Waals surface area (Å²) in [5.74, 6) is -1.04. The molecular formula is C19H24FN3O5S. The molecule has 158 valence electrons. The molecule has 3 rings (SSSR count). The Morgan fingerprint density at radius 1 is 1.41 bits per heavy atom. The summed E-state index contributed by atoms with van der Waals surface area (Å²) in [6, 6.07) is 4.48. The van der Waals surface area contributed by atoms with Gasteiger partial charge in [0.05, 0.1) is 24.5 Å². The van der Waals surface area contributed by atoms with E-state index in [1.165, 1.54) is 28.3 Å². The molecule has 0 aromatic heterocycles. The molecular weight excluding hydrogens is 401 g/mol. The minimum Gasteiger partial charge on any atom is -0.442 e. The number of carbonyl (C=O) groups is 2. The molecule has 0 bridgehead atoms. The zero-order valence-corrected chi connectivity index (χ0v) is 17.0. The number of rotatable bonds is 6. The van der Waals surface area contributed by atoms with Crippen LogP contribution in [0.5, 0.6) is 0 Å². The van der Waals surface area contributed by atoms with E-state index in [4.69, 9.17) is 4.74 Å². The molecule has 10 heteroatoms. The number of carbonyl (C=O) groups excluding carboxylic acids is 2. The number of nitrogens with one attached hydrogen (secondary N) is 1. The van der Waals surface area contributed by atoms with Crippen molar-refractivity contribution in [1.82, 2.24) is 9.62 Å². The largest absolute Gasteiger partial charge is 0.442 e. The first-order chi connectivity index (χ1) is 13.7. The van der Waals surface area contributed by atoms with Gasteiger partial charge in [-0.05, 0) is 24.1 Å². The Balaban J connectivity index is 1.73. The van der Waals surface area contributed by atoms with E-state index in [-0.39, 0.29) is 43.8 Å². The van der Waals surface area contributed by atoms with Crippen LogP contribution in [0.1, 0.15) is 24.8 Å². The molecule has 0 radical (unpaired) electrons. The van der Waals surface area contributed by atoms with Crippen molar-refractivity contribution in [3.8, 4) is 0 Å². The fourth-order valence-corrected chi connectivity index (χ4v) is 5.15. The predicted molar refractivity (Wildman–Crippen MR) is 106 cm³/mol. The molecule has 2 atom stereocenters. The molecule has 1 aromatic rings. The quantitative estimate of drug-likeness (QED) is 0.699. The monoisotopic (exact) mass is 425 g/mol. The van der Waals surface area contributed by atoms with E-state index in [0.717, 1.165) is 0 Å². The maximum atomic E-state index is 14.8. The van der Waals surface area contributed by atoms with Crippen molar-refractivity contribution in [2.75, 3.05) is 36.8 Å². The molecule has 2 heterocycles. The summed E-state index contributed by atoms with van der Waals surface area (Å²) in [5, 5.41) is 2.59. The van der Waals surface area contributed by atoms with Gasteiger partial charge in [0, 0.05) is 25.9 Å². The number of amides is 2. The number of benzene rings is 1. The standard InChI is InChI=1S/C19H24FN3O5S/c1-3-7-22-11-14(6-8-29(22,26)27)17-5-4-15(9-18(17)20)23-12-16(28-19(23)25)10-21-13(2)24/h3-5,9,14,16H,1,6-8,10-12H2,2H3,(H,21,24).